The molecule has 0 saturated heterocycles. The molecule has 0 aromatic carbocycles. The van der Waals surface area contributed by atoms with E-state index in [0.29, 0.717) is 12.4 Å². The smallest absolute Gasteiger partial charge is 0.215 e. The first-order valence-corrected chi connectivity index (χ1v) is 6.15. The fraction of sp³-hybridized carbons (Fsp3) is 0.429. The van der Waals surface area contributed by atoms with E-state index in [1.807, 2.05) is 19.2 Å². The molecule has 5 heteroatoms. The summed E-state index contributed by atoms with van der Waals surface area (Å²) in [4.78, 5) is 4.25. The highest BCUT2D eigenvalue weighted by Crippen LogP contribution is 2.23. The number of hydrogen-bond acceptors (Lipinski definition) is 4. The van der Waals surface area contributed by atoms with Crippen LogP contribution < -0.4 is 4.74 Å². The third kappa shape index (κ3) is 3.32. The predicted molar refractivity (Wildman–Crippen MR) is 73.0 cm³/mol. The van der Waals surface area contributed by atoms with Gasteiger partial charge in [0.1, 0.15) is 0 Å². The molecule has 0 atom stereocenters. The summed E-state index contributed by atoms with van der Waals surface area (Å²) in [6.45, 7) is 5.92. The van der Waals surface area contributed by atoms with Crippen molar-refractivity contribution in [2.75, 3.05) is 7.11 Å². The quantitative estimate of drug-likeness (QED) is 0.915. The Labute approximate surface area is 112 Å². The maximum Gasteiger partial charge on any atom is 0.215 e. The zero-order chi connectivity index (χ0) is 14.0. The highest BCUT2D eigenvalue weighted by molar-refractivity contribution is 5.62. The maximum atomic E-state index is 9.77. The standard InChI is InChI=1S/C14H19N3O2/c1-10-5-11(6-15-13(10)19-4)12-7-16-17(8-12)9-14(2,3)18/h5-8,18H,9H2,1-4H3. The SMILES string of the molecule is COc1ncc(-c2cnn(CC(C)(C)O)c2)cc1C. The molecule has 0 aliphatic heterocycles. The van der Waals surface area contributed by atoms with Gasteiger partial charge in [0.2, 0.25) is 5.88 Å². The van der Waals surface area contributed by atoms with Crippen molar-refractivity contribution in [2.24, 2.45) is 0 Å². The van der Waals surface area contributed by atoms with E-state index in [1.165, 1.54) is 0 Å². The summed E-state index contributed by atoms with van der Waals surface area (Å²) in [5.74, 6) is 0.632. The number of aromatic nitrogens is 3. The highest BCUT2D eigenvalue weighted by Gasteiger charge is 2.14. The molecular formula is C14H19N3O2. The normalized spacial score (nSPS) is 11.6. The van der Waals surface area contributed by atoms with Gasteiger partial charge >= 0.3 is 0 Å². The molecule has 2 aromatic heterocycles. The molecule has 0 unspecified atom stereocenters. The second-order valence-electron chi connectivity index (χ2n) is 5.29. The highest BCUT2D eigenvalue weighted by atomic mass is 16.5. The minimum absolute atomic E-state index is 0.454. The van der Waals surface area contributed by atoms with E-state index >= 15 is 0 Å². The first kappa shape index (κ1) is 13.5. The Bertz CT molecular complexity index is 570. The largest absolute Gasteiger partial charge is 0.481 e. The van der Waals surface area contributed by atoms with Gasteiger partial charge in [0.05, 0.1) is 25.5 Å². The molecule has 0 bridgehead atoms. The third-order valence-corrected chi connectivity index (χ3v) is 2.74. The Kier molecular flexibility index (Phi) is 3.57. The van der Waals surface area contributed by atoms with E-state index in [2.05, 4.69) is 10.1 Å². The van der Waals surface area contributed by atoms with Gasteiger partial charge in [-0.25, -0.2) is 4.98 Å². The lowest BCUT2D eigenvalue weighted by Crippen LogP contribution is -2.26. The lowest BCUT2D eigenvalue weighted by atomic mass is 10.1. The van der Waals surface area contributed by atoms with Crippen molar-refractivity contribution in [1.29, 1.82) is 0 Å². The van der Waals surface area contributed by atoms with Crippen molar-refractivity contribution in [3.63, 3.8) is 0 Å². The number of aliphatic hydroxyl groups is 1. The van der Waals surface area contributed by atoms with Gasteiger partial charge in [0, 0.05) is 29.1 Å². The Morgan fingerprint density at radius 3 is 2.63 bits per heavy atom. The zero-order valence-corrected chi connectivity index (χ0v) is 11.7. The molecule has 0 aliphatic rings. The minimum atomic E-state index is -0.780. The van der Waals surface area contributed by atoms with Crippen molar-refractivity contribution in [2.45, 2.75) is 32.9 Å². The van der Waals surface area contributed by atoms with Crippen molar-refractivity contribution in [1.82, 2.24) is 14.8 Å². The van der Waals surface area contributed by atoms with Crippen molar-refractivity contribution < 1.29 is 9.84 Å². The van der Waals surface area contributed by atoms with Crippen molar-refractivity contribution in [3.05, 3.63) is 30.2 Å². The molecule has 19 heavy (non-hydrogen) atoms. The number of nitrogens with zero attached hydrogens (tertiary/aromatic N) is 3. The minimum Gasteiger partial charge on any atom is -0.481 e. The van der Waals surface area contributed by atoms with Gasteiger partial charge in [-0.3, -0.25) is 4.68 Å². The van der Waals surface area contributed by atoms with Crippen LogP contribution in [0.3, 0.4) is 0 Å². The molecule has 0 radical (unpaired) electrons. The molecular weight excluding hydrogens is 242 g/mol. The van der Waals surface area contributed by atoms with Crippen LogP contribution in [0.4, 0.5) is 0 Å². The van der Waals surface area contributed by atoms with Gasteiger partial charge in [-0.2, -0.15) is 5.10 Å². The third-order valence-electron chi connectivity index (χ3n) is 2.74. The molecule has 102 valence electrons. The van der Waals surface area contributed by atoms with Crippen LogP contribution in [0.2, 0.25) is 0 Å². The van der Waals surface area contributed by atoms with Crippen LogP contribution in [0.15, 0.2) is 24.7 Å². The second kappa shape index (κ2) is 5.01. The Balaban J connectivity index is 2.25. The molecule has 1 N–H and O–H groups in total. The van der Waals surface area contributed by atoms with Crippen LogP contribution in [0.25, 0.3) is 11.1 Å². The lowest BCUT2D eigenvalue weighted by Gasteiger charge is -2.16. The number of hydrogen-bond donors (Lipinski definition) is 1. The number of pyridine rings is 1. The van der Waals surface area contributed by atoms with E-state index < -0.39 is 5.60 Å². The summed E-state index contributed by atoms with van der Waals surface area (Å²) in [6, 6.07) is 2.01. The summed E-state index contributed by atoms with van der Waals surface area (Å²) in [6.07, 6.45) is 5.44. The van der Waals surface area contributed by atoms with Gasteiger partial charge < -0.3 is 9.84 Å². The van der Waals surface area contributed by atoms with Gasteiger partial charge in [-0.1, -0.05) is 0 Å². The number of rotatable bonds is 4. The van der Waals surface area contributed by atoms with E-state index in [0.717, 1.165) is 16.7 Å². The monoisotopic (exact) mass is 261 g/mol. The molecule has 0 aliphatic carbocycles. The molecule has 0 fully saturated rings. The first-order valence-electron chi connectivity index (χ1n) is 6.15. The van der Waals surface area contributed by atoms with E-state index in [-0.39, 0.29) is 0 Å². The van der Waals surface area contributed by atoms with E-state index in [1.54, 1.807) is 38.0 Å². The van der Waals surface area contributed by atoms with Crippen LogP contribution in [0, 0.1) is 6.92 Å². The zero-order valence-electron chi connectivity index (χ0n) is 11.7. The average molecular weight is 261 g/mol. The topological polar surface area (TPSA) is 60.2 Å². The lowest BCUT2D eigenvalue weighted by molar-refractivity contribution is 0.0577. The number of methoxy groups -OCH3 is 1. The number of aryl methyl sites for hydroxylation is 1. The van der Waals surface area contributed by atoms with Crippen molar-refractivity contribution in [3.8, 4) is 17.0 Å². The number of ether oxygens (including phenoxy) is 1. The van der Waals surface area contributed by atoms with Crippen LogP contribution in [-0.2, 0) is 6.54 Å². The molecule has 5 nitrogen and oxygen atoms in total. The average Bonchev–Trinajstić information content (AvgIpc) is 2.75. The van der Waals surface area contributed by atoms with Gasteiger partial charge in [0.15, 0.2) is 0 Å². The van der Waals surface area contributed by atoms with Crippen LogP contribution in [0.5, 0.6) is 5.88 Å². The fourth-order valence-electron chi connectivity index (χ4n) is 1.93. The first-order chi connectivity index (χ1) is 8.89. The van der Waals surface area contributed by atoms with Gasteiger partial charge in [0.25, 0.3) is 0 Å². The van der Waals surface area contributed by atoms with E-state index in [4.69, 9.17) is 4.74 Å². The van der Waals surface area contributed by atoms with Crippen LogP contribution >= 0.6 is 0 Å². The molecule has 0 saturated carbocycles. The van der Waals surface area contributed by atoms with Crippen LogP contribution in [-0.4, -0.2) is 32.6 Å². The summed E-state index contributed by atoms with van der Waals surface area (Å²) in [5.41, 5.74) is 2.16. The maximum absolute atomic E-state index is 9.77. The summed E-state index contributed by atoms with van der Waals surface area (Å²) in [5, 5.41) is 14.0. The molecule has 0 spiro atoms. The fourth-order valence-corrected chi connectivity index (χ4v) is 1.93. The molecule has 2 aromatic rings. The summed E-state index contributed by atoms with van der Waals surface area (Å²) >= 11 is 0. The Morgan fingerprint density at radius 2 is 2.05 bits per heavy atom. The van der Waals surface area contributed by atoms with E-state index in [9.17, 15) is 5.11 Å². The second-order valence-corrected chi connectivity index (χ2v) is 5.29. The Hall–Kier alpha value is -1.88. The Morgan fingerprint density at radius 1 is 1.32 bits per heavy atom. The molecule has 0 amide bonds. The summed E-state index contributed by atoms with van der Waals surface area (Å²) in [7, 11) is 1.61. The van der Waals surface area contributed by atoms with Crippen LogP contribution in [0.1, 0.15) is 19.4 Å². The molecule has 2 heterocycles. The van der Waals surface area contributed by atoms with Gasteiger partial charge in [-0.05, 0) is 26.8 Å². The summed E-state index contributed by atoms with van der Waals surface area (Å²) < 4.78 is 6.87. The van der Waals surface area contributed by atoms with Gasteiger partial charge in [-0.15, -0.1) is 0 Å². The molecule has 2 rings (SSSR count). The predicted octanol–water partition coefficient (Wildman–Crippen LogP) is 2.03. The van der Waals surface area contributed by atoms with Crippen molar-refractivity contribution >= 4 is 0 Å².